The number of fused-ring (bicyclic) bond motifs is 1. The second-order valence-electron chi connectivity index (χ2n) is 7.01. The quantitative estimate of drug-likeness (QED) is 0.748. The van der Waals surface area contributed by atoms with Crippen LogP contribution in [0.15, 0.2) is 36.4 Å². The maximum absolute atomic E-state index is 13.7. The van der Waals surface area contributed by atoms with Gasteiger partial charge in [-0.3, -0.25) is 4.90 Å². The number of urea groups is 1. The number of amides is 2. The van der Waals surface area contributed by atoms with Crippen LogP contribution < -0.4 is 20.1 Å². The van der Waals surface area contributed by atoms with Crippen molar-refractivity contribution in [1.82, 2.24) is 15.5 Å². The monoisotopic (exact) mass is 401 g/mol. The summed E-state index contributed by atoms with van der Waals surface area (Å²) in [7, 11) is 3.23. The molecular weight excluding hydrogens is 373 g/mol. The molecule has 0 saturated heterocycles. The van der Waals surface area contributed by atoms with E-state index < -0.39 is 0 Å². The van der Waals surface area contributed by atoms with Gasteiger partial charge >= 0.3 is 6.03 Å². The SMILES string of the molecule is CCNC(=O)NCC1c2cc(OC)c(OC)cc2CCN1Cc1cccc(F)c1. The molecule has 0 radical (unpaired) electrons. The lowest BCUT2D eigenvalue weighted by molar-refractivity contribution is 0.170. The molecule has 0 saturated carbocycles. The highest BCUT2D eigenvalue weighted by molar-refractivity contribution is 5.73. The summed E-state index contributed by atoms with van der Waals surface area (Å²) in [6.45, 7) is 4.26. The smallest absolute Gasteiger partial charge is 0.314 e. The molecule has 7 heteroatoms. The molecule has 0 aromatic heterocycles. The number of methoxy groups -OCH3 is 2. The highest BCUT2D eigenvalue weighted by Crippen LogP contribution is 2.38. The zero-order valence-corrected chi connectivity index (χ0v) is 17.1. The number of nitrogens with one attached hydrogen (secondary N) is 2. The minimum Gasteiger partial charge on any atom is -0.493 e. The fraction of sp³-hybridized carbons (Fsp3) is 0.409. The molecule has 1 heterocycles. The Morgan fingerprint density at radius 2 is 1.93 bits per heavy atom. The van der Waals surface area contributed by atoms with Gasteiger partial charge in [-0.1, -0.05) is 12.1 Å². The predicted octanol–water partition coefficient (Wildman–Crippen LogP) is 3.26. The Hall–Kier alpha value is -2.80. The number of rotatable bonds is 7. The third-order valence-electron chi connectivity index (χ3n) is 5.18. The highest BCUT2D eigenvalue weighted by atomic mass is 19.1. The minimum atomic E-state index is -0.247. The van der Waals surface area contributed by atoms with Gasteiger partial charge in [-0.2, -0.15) is 0 Å². The largest absolute Gasteiger partial charge is 0.493 e. The van der Waals surface area contributed by atoms with E-state index in [0.29, 0.717) is 31.1 Å². The van der Waals surface area contributed by atoms with Crippen molar-refractivity contribution in [2.24, 2.45) is 0 Å². The van der Waals surface area contributed by atoms with Gasteiger partial charge in [-0.25, -0.2) is 9.18 Å². The van der Waals surface area contributed by atoms with Crippen molar-refractivity contribution in [3.05, 3.63) is 58.9 Å². The molecule has 1 atom stereocenters. The molecule has 156 valence electrons. The first-order chi connectivity index (χ1) is 14.0. The first kappa shape index (κ1) is 20.9. The van der Waals surface area contributed by atoms with E-state index in [1.807, 2.05) is 25.1 Å². The first-order valence-electron chi connectivity index (χ1n) is 9.80. The predicted molar refractivity (Wildman–Crippen MR) is 110 cm³/mol. The summed E-state index contributed by atoms with van der Waals surface area (Å²) in [4.78, 5) is 14.3. The topological polar surface area (TPSA) is 62.8 Å². The second-order valence-corrected chi connectivity index (χ2v) is 7.01. The van der Waals surface area contributed by atoms with E-state index in [1.165, 1.54) is 11.6 Å². The molecular formula is C22H28FN3O3. The van der Waals surface area contributed by atoms with E-state index in [1.54, 1.807) is 26.4 Å². The van der Waals surface area contributed by atoms with Crippen molar-refractivity contribution in [1.29, 1.82) is 0 Å². The number of halogens is 1. The molecule has 0 bridgehead atoms. The molecule has 2 N–H and O–H groups in total. The fourth-order valence-electron chi connectivity index (χ4n) is 3.79. The maximum Gasteiger partial charge on any atom is 0.314 e. The number of carbonyl (C=O) groups is 1. The van der Waals surface area contributed by atoms with E-state index >= 15 is 0 Å². The van der Waals surface area contributed by atoms with Gasteiger partial charge in [0.2, 0.25) is 0 Å². The fourth-order valence-corrected chi connectivity index (χ4v) is 3.79. The summed E-state index contributed by atoms with van der Waals surface area (Å²) < 4.78 is 24.6. The van der Waals surface area contributed by atoms with E-state index in [-0.39, 0.29) is 17.9 Å². The van der Waals surface area contributed by atoms with Gasteiger partial charge in [0.1, 0.15) is 5.82 Å². The Labute approximate surface area is 171 Å². The van der Waals surface area contributed by atoms with Gasteiger partial charge in [0, 0.05) is 26.2 Å². The van der Waals surface area contributed by atoms with E-state index in [2.05, 4.69) is 15.5 Å². The van der Waals surface area contributed by atoms with Crippen LogP contribution in [0, 0.1) is 5.82 Å². The Bertz CT molecular complexity index is 859. The molecule has 0 fully saturated rings. The van der Waals surface area contributed by atoms with Crippen molar-refractivity contribution in [3.63, 3.8) is 0 Å². The van der Waals surface area contributed by atoms with Crippen LogP contribution in [0.2, 0.25) is 0 Å². The van der Waals surface area contributed by atoms with Crippen molar-refractivity contribution in [2.75, 3.05) is 33.9 Å². The van der Waals surface area contributed by atoms with Crippen molar-refractivity contribution >= 4 is 6.03 Å². The third kappa shape index (κ3) is 4.98. The Kier molecular flexibility index (Phi) is 6.93. The average Bonchev–Trinajstić information content (AvgIpc) is 2.72. The zero-order valence-electron chi connectivity index (χ0n) is 17.1. The average molecular weight is 401 g/mol. The van der Waals surface area contributed by atoms with Crippen LogP contribution in [0.25, 0.3) is 0 Å². The van der Waals surface area contributed by atoms with Gasteiger partial charge < -0.3 is 20.1 Å². The van der Waals surface area contributed by atoms with Gasteiger partial charge in [0.25, 0.3) is 0 Å². The molecule has 2 aromatic carbocycles. The maximum atomic E-state index is 13.7. The lowest BCUT2D eigenvalue weighted by Crippen LogP contribution is -2.44. The molecule has 3 rings (SSSR count). The molecule has 1 aliphatic rings. The number of ether oxygens (including phenoxy) is 2. The van der Waals surface area contributed by atoms with Gasteiger partial charge in [0.15, 0.2) is 11.5 Å². The van der Waals surface area contributed by atoms with E-state index in [4.69, 9.17) is 9.47 Å². The number of benzene rings is 2. The molecule has 1 aliphatic heterocycles. The van der Waals surface area contributed by atoms with Crippen LogP contribution in [-0.2, 0) is 13.0 Å². The standard InChI is InChI=1S/C22H28FN3O3/c1-4-24-22(27)25-13-19-18-12-21(29-3)20(28-2)11-16(18)8-9-26(19)14-15-6-5-7-17(23)10-15/h5-7,10-12,19H,4,8-9,13-14H2,1-3H3,(H2,24,25,27). The van der Waals surface area contributed by atoms with Crippen LogP contribution in [-0.4, -0.2) is 44.8 Å². The van der Waals surface area contributed by atoms with Crippen molar-refractivity contribution in [2.45, 2.75) is 25.9 Å². The second kappa shape index (κ2) is 9.60. The molecule has 2 amide bonds. The van der Waals surface area contributed by atoms with Crippen LogP contribution in [0.4, 0.5) is 9.18 Å². The summed E-state index contributed by atoms with van der Waals surface area (Å²) >= 11 is 0. The summed E-state index contributed by atoms with van der Waals surface area (Å²) in [5.74, 6) is 1.10. The van der Waals surface area contributed by atoms with Crippen LogP contribution in [0.1, 0.15) is 29.7 Å². The number of hydrogen-bond acceptors (Lipinski definition) is 4. The number of nitrogens with zero attached hydrogens (tertiary/aromatic N) is 1. The number of hydrogen-bond donors (Lipinski definition) is 2. The van der Waals surface area contributed by atoms with Crippen LogP contribution in [0.3, 0.4) is 0 Å². The van der Waals surface area contributed by atoms with Gasteiger partial charge in [-0.15, -0.1) is 0 Å². The van der Waals surface area contributed by atoms with Gasteiger partial charge in [-0.05, 0) is 54.3 Å². The van der Waals surface area contributed by atoms with E-state index in [0.717, 1.165) is 24.1 Å². The van der Waals surface area contributed by atoms with Crippen molar-refractivity contribution in [3.8, 4) is 11.5 Å². The molecule has 0 spiro atoms. The third-order valence-corrected chi connectivity index (χ3v) is 5.18. The first-order valence-corrected chi connectivity index (χ1v) is 9.80. The molecule has 0 aliphatic carbocycles. The van der Waals surface area contributed by atoms with E-state index in [9.17, 15) is 9.18 Å². The summed E-state index contributed by atoms with van der Waals surface area (Å²) in [6.07, 6.45) is 0.836. The lowest BCUT2D eigenvalue weighted by atomic mass is 9.91. The lowest BCUT2D eigenvalue weighted by Gasteiger charge is -2.38. The highest BCUT2D eigenvalue weighted by Gasteiger charge is 2.29. The van der Waals surface area contributed by atoms with Crippen LogP contribution in [0.5, 0.6) is 11.5 Å². The Morgan fingerprint density at radius 1 is 1.17 bits per heavy atom. The normalized spacial score (nSPS) is 16.1. The Balaban J connectivity index is 1.91. The summed E-state index contributed by atoms with van der Waals surface area (Å²) in [6, 6.07) is 10.4. The molecule has 2 aromatic rings. The summed E-state index contributed by atoms with van der Waals surface area (Å²) in [5.41, 5.74) is 3.15. The molecule has 29 heavy (non-hydrogen) atoms. The molecule has 6 nitrogen and oxygen atoms in total. The van der Waals surface area contributed by atoms with Crippen LogP contribution >= 0.6 is 0 Å². The van der Waals surface area contributed by atoms with Crippen molar-refractivity contribution < 1.29 is 18.7 Å². The number of carbonyl (C=O) groups excluding carboxylic acids is 1. The minimum absolute atomic E-state index is 0.0653. The van der Waals surface area contributed by atoms with Gasteiger partial charge in [0.05, 0.1) is 20.3 Å². The summed E-state index contributed by atoms with van der Waals surface area (Å²) in [5, 5.41) is 5.71. The zero-order chi connectivity index (χ0) is 20.8. The Morgan fingerprint density at radius 3 is 2.62 bits per heavy atom. The molecule has 1 unspecified atom stereocenters.